The van der Waals surface area contributed by atoms with Crippen LogP contribution in [0.25, 0.3) is 16.4 Å². The zero-order valence-corrected chi connectivity index (χ0v) is 18.4. The summed E-state index contributed by atoms with van der Waals surface area (Å²) in [6.45, 7) is 4.55. The number of benzene rings is 2. The van der Waals surface area contributed by atoms with Gasteiger partial charge in [0.15, 0.2) is 11.5 Å². The minimum absolute atomic E-state index is 0.132. The molecule has 2 aromatic carbocycles. The average Bonchev–Trinajstić information content (AvgIpc) is 3.27. The molecule has 1 atom stereocenters. The lowest BCUT2D eigenvalue weighted by Crippen LogP contribution is -2.39. The Labute approximate surface area is 189 Å². The van der Waals surface area contributed by atoms with E-state index >= 15 is 0 Å². The molecule has 0 spiro atoms. The molecule has 5 rings (SSSR count). The van der Waals surface area contributed by atoms with Gasteiger partial charge in [0.25, 0.3) is 5.92 Å². The van der Waals surface area contributed by atoms with Gasteiger partial charge in [0.05, 0.1) is 17.7 Å². The van der Waals surface area contributed by atoms with Crippen molar-refractivity contribution in [2.75, 3.05) is 23.3 Å². The number of nitriles is 1. The number of hydrogen-bond donors (Lipinski definition) is 1. The van der Waals surface area contributed by atoms with Gasteiger partial charge in [0.1, 0.15) is 6.33 Å². The van der Waals surface area contributed by atoms with Crippen LogP contribution in [0.3, 0.4) is 0 Å². The van der Waals surface area contributed by atoms with Crippen LogP contribution in [0.15, 0.2) is 42.7 Å². The molecule has 1 aliphatic rings. The quantitative estimate of drug-likeness (QED) is 0.481. The lowest BCUT2D eigenvalue weighted by atomic mass is 9.98. The molecule has 1 N–H and O–H groups in total. The maximum Gasteiger partial charge on any atom is 0.251 e. The van der Waals surface area contributed by atoms with Crippen LogP contribution in [-0.4, -0.2) is 38.8 Å². The van der Waals surface area contributed by atoms with Crippen LogP contribution >= 0.6 is 0 Å². The zero-order chi connectivity index (χ0) is 23.2. The van der Waals surface area contributed by atoms with Crippen LogP contribution in [0.5, 0.6) is 0 Å². The largest absolute Gasteiger partial charge is 0.371 e. The van der Waals surface area contributed by atoms with Crippen LogP contribution in [0.2, 0.25) is 0 Å². The van der Waals surface area contributed by atoms with Gasteiger partial charge in [-0.1, -0.05) is 12.1 Å². The molecular formula is C24H23F2N7. The summed E-state index contributed by atoms with van der Waals surface area (Å²) in [7, 11) is 0. The number of nitrogens with one attached hydrogen (secondary N) is 1. The minimum Gasteiger partial charge on any atom is -0.371 e. The lowest BCUT2D eigenvalue weighted by molar-refractivity contribution is -0.0220. The van der Waals surface area contributed by atoms with Crippen LogP contribution in [0.1, 0.15) is 42.5 Å². The normalized spacial score (nSPS) is 16.6. The van der Waals surface area contributed by atoms with Crippen molar-refractivity contribution in [1.82, 2.24) is 19.8 Å². The van der Waals surface area contributed by atoms with E-state index in [-0.39, 0.29) is 18.9 Å². The number of rotatable bonds is 4. The van der Waals surface area contributed by atoms with Gasteiger partial charge in [-0.05, 0) is 49.2 Å². The molecule has 7 nitrogen and oxygen atoms in total. The van der Waals surface area contributed by atoms with Crippen LogP contribution in [0, 0.1) is 18.3 Å². The van der Waals surface area contributed by atoms with Crippen molar-refractivity contribution in [3.8, 4) is 6.07 Å². The number of alkyl halides is 2. The third-order valence-electron chi connectivity index (χ3n) is 6.40. The molecule has 1 aliphatic heterocycles. The number of hydrogen-bond acceptors (Lipinski definition) is 6. The molecule has 0 radical (unpaired) electrons. The zero-order valence-electron chi connectivity index (χ0n) is 18.4. The highest BCUT2D eigenvalue weighted by atomic mass is 19.3. The van der Waals surface area contributed by atoms with Crippen molar-refractivity contribution in [3.05, 3.63) is 59.4 Å². The fourth-order valence-corrected chi connectivity index (χ4v) is 4.48. The highest BCUT2D eigenvalue weighted by molar-refractivity contribution is 6.01. The maximum atomic E-state index is 13.7. The Hall–Kier alpha value is -3.80. The number of piperidine rings is 1. The van der Waals surface area contributed by atoms with E-state index in [2.05, 4.69) is 26.6 Å². The summed E-state index contributed by atoms with van der Waals surface area (Å²) in [5, 5.41) is 23.4. The molecule has 9 heteroatoms. The van der Waals surface area contributed by atoms with Crippen LogP contribution < -0.4 is 10.2 Å². The molecule has 1 unspecified atom stereocenters. The predicted octanol–water partition coefficient (Wildman–Crippen LogP) is 4.87. The van der Waals surface area contributed by atoms with E-state index in [1.165, 1.54) is 11.0 Å². The van der Waals surface area contributed by atoms with E-state index in [1.54, 1.807) is 6.07 Å². The van der Waals surface area contributed by atoms with Gasteiger partial charge in [0.2, 0.25) is 0 Å². The molecular weight excluding hydrogens is 424 g/mol. The number of aromatic nitrogens is 4. The van der Waals surface area contributed by atoms with Crippen molar-refractivity contribution < 1.29 is 8.78 Å². The van der Waals surface area contributed by atoms with E-state index in [9.17, 15) is 14.0 Å². The van der Waals surface area contributed by atoms with Gasteiger partial charge < -0.3 is 10.2 Å². The van der Waals surface area contributed by atoms with Crippen molar-refractivity contribution in [2.45, 2.75) is 38.7 Å². The van der Waals surface area contributed by atoms with Gasteiger partial charge in [-0.3, -0.25) is 0 Å². The standard InChI is InChI=1S/C24H23F2N7/c1-15-17(13-27)4-3-5-19(15)16(2)30-22-21-12-18(32-10-8-24(25,26)9-11-32)6-7-20(21)23-28-14-29-33(23)31-22/h3-7,12,14,16H,8-11H2,1-2H3,(H,30,31). The molecule has 33 heavy (non-hydrogen) atoms. The summed E-state index contributed by atoms with van der Waals surface area (Å²) < 4.78 is 28.8. The van der Waals surface area contributed by atoms with Crippen molar-refractivity contribution in [1.29, 1.82) is 5.26 Å². The van der Waals surface area contributed by atoms with Gasteiger partial charge in [-0.2, -0.15) is 5.26 Å². The monoisotopic (exact) mass is 447 g/mol. The number of anilines is 2. The van der Waals surface area contributed by atoms with Crippen molar-refractivity contribution in [3.63, 3.8) is 0 Å². The lowest BCUT2D eigenvalue weighted by Gasteiger charge is -2.33. The molecule has 2 aromatic heterocycles. The smallest absolute Gasteiger partial charge is 0.251 e. The summed E-state index contributed by atoms with van der Waals surface area (Å²) >= 11 is 0. The average molecular weight is 447 g/mol. The Kier molecular flexibility index (Phi) is 5.08. The molecule has 3 heterocycles. The maximum absolute atomic E-state index is 13.7. The fraction of sp³-hybridized carbons (Fsp3) is 0.333. The summed E-state index contributed by atoms with van der Waals surface area (Å²) in [5.41, 5.74) is 4.05. The van der Waals surface area contributed by atoms with Gasteiger partial charge in [-0.25, -0.2) is 13.8 Å². The first-order valence-electron chi connectivity index (χ1n) is 10.9. The molecule has 0 aliphatic carbocycles. The highest BCUT2D eigenvalue weighted by Crippen LogP contribution is 2.35. The van der Waals surface area contributed by atoms with Crippen molar-refractivity contribution in [2.24, 2.45) is 0 Å². The second-order valence-electron chi connectivity index (χ2n) is 8.49. The summed E-state index contributed by atoms with van der Waals surface area (Å²) in [6, 6.07) is 13.6. The van der Waals surface area contributed by atoms with Crippen LogP contribution in [0.4, 0.5) is 20.3 Å². The minimum atomic E-state index is -2.60. The summed E-state index contributed by atoms with van der Waals surface area (Å²) in [5.74, 6) is -1.98. The first-order valence-corrected chi connectivity index (χ1v) is 10.9. The SMILES string of the molecule is Cc1c(C#N)cccc1C(C)Nc1nn2ncnc2c2ccc(N3CCC(F)(F)CC3)cc12. The topological polar surface area (TPSA) is 82.1 Å². The Morgan fingerprint density at radius 1 is 1.15 bits per heavy atom. The van der Waals surface area contributed by atoms with E-state index in [1.807, 2.05) is 49.1 Å². The molecule has 1 saturated heterocycles. The molecule has 0 bridgehead atoms. The van der Waals surface area contributed by atoms with E-state index in [0.29, 0.717) is 30.1 Å². The Bertz CT molecular complexity index is 1380. The Morgan fingerprint density at radius 3 is 2.70 bits per heavy atom. The first-order chi connectivity index (χ1) is 15.9. The highest BCUT2D eigenvalue weighted by Gasteiger charge is 2.34. The number of fused-ring (bicyclic) bond motifs is 3. The van der Waals surface area contributed by atoms with E-state index < -0.39 is 5.92 Å². The van der Waals surface area contributed by atoms with Gasteiger partial charge in [0, 0.05) is 42.4 Å². The summed E-state index contributed by atoms with van der Waals surface area (Å²) in [6.07, 6.45) is 1.16. The van der Waals surface area contributed by atoms with Gasteiger partial charge in [-0.15, -0.1) is 14.8 Å². The number of halogens is 2. The molecule has 4 aromatic rings. The van der Waals surface area contributed by atoms with Gasteiger partial charge >= 0.3 is 0 Å². The summed E-state index contributed by atoms with van der Waals surface area (Å²) in [4.78, 5) is 6.32. The molecule has 1 fully saturated rings. The molecule has 168 valence electrons. The Balaban J connectivity index is 1.56. The van der Waals surface area contributed by atoms with E-state index in [0.717, 1.165) is 27.6 Å². The Morgan fingerprint density at radius 2 is 1.94 bits per heavy atom. The second kappa shape index (κ2) is 7.96. The second-order valence-corrected chi connectivity index (χ2v) is 8.49. The van der Waals surface area contributed by atoms with E-state index in [4.69, 9.17) is 0 Å². The fourth-order valence-electron chi connectivity index (χ4n) is 4.48. The van der Waals surface area contributed by atoms with Crippen LogP contribution in [-0.2, 0) is 0 Å². The molecule has 0 saturated carbocycles. The van der Waals surface area contributed by atoms with Crippen molar-refractivity contribution >= 4 is 27.9 Å². The molecule has 0 amide bonds. The third kappa shape index (κ3) is 3.82. The third-order valence-corrected chi connectivity index (χ3v) is 6.40. The predicted molar refractivity (Wildman–Crippen MR) is 123 cm³/mol. The number of nitrogens with zero attached hydrogens (tertiary/aromatic N) is 6. The first kappa shape index (κ1) is 21.1.